The Kier molecular flexibility index (Phi) is 11.7. The average molecular weight is 424 g/mol. The Morgan fingerprint density at radius 1 is 1.03 bits per heavy atom. The highest BCUT2D eigenvalue weighted by atomic mass is 19.1. The van der Waals surface area contributed by atoms with Crippen molar-refractivity contribution in [2.45, 2.75) is 44.9 Å². The van der Waals surface area contributed by atoms with E-state index in [-0.39, 0.29) is 11.2 Å². The van der Waals surface area contributed by atoms with Crippen LogP contribution in [0.5, 0.6) is 0 Å². The van der Waals surface area contributed by atoms with E-state index in [9.17, 15) is 4.39 Å². The smallest absolute Gasteiger partial charge is 0.191 e. The van der Waals surface area contributed by atoms with Crippen LogP contribution in [0.1, 0.15) is 45.1 Å². The number of halogens is 1. The number of guanidine groups is 1. The van der Waals surface area contributed by atoms with Crippen molar-refractivity contribution < 1.29 is 18.6 Å². The van der Waals surface area contributed by atoms with Gasteiger partial charge in [0.2, 0.25) is 0 Å². The van der Waals surface area contributed by atoms with Crippen molar-refractivity contribution in [3.63, 3.8) is 0 Å². The number of nitrogens with one attached hydrogen (secondary N) is 2. The minimum atomic E-state index is -0.213. The number of nitrogens with zero attached hydrogens (tertiary/aromatic N) is 1. The maximum absolute atomic E-state index is 13.4. The fraction of sp³-hybridized carbons (Fsp3) is 0.696. The molecule has 170 valence electrons. The quantitative estimate of drug-likeness (QED) is 0.290. The molecule has 2 rings (SSSR count). The Morgan fingerprint density at radius 2 is 1.73 bits per heavy atom. The fourth-order valence-corrected chi connectivity index (χ4v) is 3.49. The summed E-state index contributed by atoms with van der Waals surface area (Å²) in [6.07, 6.45) is 3.99. The molecule has 1 aromatic carbocycles. The Morgan fingerprint density at radius 3 is 2.40 bits per heavy atom. The lowest BCUT2D eigenvalue weighted by atomic mass is 9.74. The lowest BCUT2D eigenvalue weighted by molar-refractivity contribution is 0.0486. The molecule has 6 nitrogen and oxygen atoms in total. The second-order valence-corrected chi connectivity index (χ2v) is 7.60. The molecule has 0 saturated carbocycles. The second-order valence-electron chi connectivity index (χ2n) is 7.60. The summed E-state index contributed by atoms with van der Waals surface area (Å²) >= 11 is 0. The topological polar surface area (TPSA) is 64.1 Å². The van der Waals surface area contributed by atoms with Crippen molar-refractivity contribution in [1.82, 2.24) is 10.6 Å². The van der Waals surface area contributed by atoms with E-state index in [2.05, 4.69) is 17.6 Å². The molecule has 1 heterocycles. The number of hydrogen-bond acceptors (Lipinski definition) is 4. The molecular weight excluding hydrogens is 385 g/mol. The van der Waals surface area contributed by atoms with Gasteiger partial charge in [-0.2, -0.15) is 0 Å². The van der Waals surface area contributed by atoms with E-state index in [0.717, 1.165) is 50.4 Å². The number of ether oxygens (including phenoxy) is 3. The molecule has 0 aromatic heterocycles. The zero-order valence-electron chi connectivity index (χ0n) is 18.6. The second kappa shape index (κ2) is 14.3. The summed E-state index contributed by atoms with van der Waals surface area (Å²) in [5.41, 5.74) is 0.999. The SMILES string of the molecule is CCCCOCCOCCNC(=NCC1(c2ccc(F)cc2)CCOCC1)NCC. The number of aliphatic imine (C=N–C) groups is 1. The molecule has 2 N–H and O–H groups in total. The minimum Gasteiger partial charge on any atom is -0.381 e. The van der Waals surface area contributed by atoms with Crippen molar-refractivity contribution in [1.29, 1.82) is 0 Å². The summed E-state index contributed by atoms with van der Waals surface area (Å²) < 4.78 is 30.1. The van der Waals surface area contributed by atoms with E-state index in [0.29, 0.717) is 46.1 Å². The molecule has 1 saturated heterocycles. The van der Waals surface area contributed by atoms with Crippen LogP contribution in [0.3, 0.4) is 0 Å². The van der Waals surface area contributed by atoms with Gasteiger partial charge in [-0.05, 0) is 43.9 Å². The first-order valence-electron chi connectivity index (χ1n) is 11.2. The van der Waals surface area contributed by atoms with Crippen LogP contribution in [0.25, 0.3) is 0 Å². The third-order valence-corrected chi connectivity index (χ3v) is 5.34. The number of unbranched alkanes of at least 4 members (excludes halogenated alkanes) is 1. The molecule has 7 heteroatoms. The predicted octanol–water partition coefficient (Wildman–Crippen LogP) is 3.26. The van der Waals surface area contributed by atoms with Gasteiger partial charge in [0, 0.05) is 38.3 Å². The minimum absolute atomic E-state index is 0.124. The van der Waals surface area contributed by atoms with E-state index in [1.807, 2.05) is 19.1 Å². The zero-order chi connectivity index (χ0) is 21.5. The van der Waals surface area contributed by atoms with E-state index in [1.165, 1.54) is 12.1 Å². The number of hydrogen-bond donors (Lipinski definition) is 2. The summed E-state index contributed by atoms with van der Waals surface area (Å²) in [6, 6.07) is 6.83. The lowest BCUT2D eigenvalue weighted by Crippen LogP contribution is -2.42. The highest BCUT2D eigenvalue weighted by Gasteiger charge is 2.34. The molecule has 30 heavy (non-hydrogen) atoms. The summed E-state index contributed by atoms with van der Waals surface area (Å²) in [4.78, 5) is 4.84. The van der Waals surface area contributed by atoms with E-state index in [4.69, 9.17) is 19.2 Å². The van der Waals surface area contributed by atoms with Crippen LogP contribution in [0.4, 0.5) is 4.39 Å². The van der Waals surface area contributed by atoms with E-state index >= 15 is 0 Å². The maximum Gasteiger partial charge on any atom is 0.191 e. The zero-order valence-corrected chi connectivity index (χ0v) is 18.6. The number of rotatable bonds is 13. The van der Waals surface area contributed by atoms with E-state index in [1.54, 1.807) is 0 Å². The molecule has 1 fully saturated rings. The summed E-state index contributed by atoms with van der Waals surface area (Å²) in [5.74, 6) is 0.559. The van der Waals surface area contributed by atoms with Crippen LogP contribution in [-0.2, 0) is 19.6 Å². The standard InChI is InChI=1S/C23H38FN3O3/c1-3-5-13-28-17-18-30-16-12-26-22(25-4-2)27-19-23(10-14-29-15-11-23)20-6-8-21(24)9-7-20/h6-9H,3-5,10-19H2,1-2H3,(H2,25,26,27). The van der Waals surface area contributed by atoms with Crippen LogP contribution < -0.4 is 10.6 Å². The third-order valence-electron chi connectivity index (χ3n) is 5.34. The molecule has 0 unspecified atom stereocenters. The fourth-order valence-electron chi connectivity index (χ4n) is 3.49. The van der Waals surface area contributed by atoms with Gasteiger partial charge in [-0.25, -0.2) is 4.39 Å². The third kappa shape index (κ3) is 8.58. The van der Waals surface area contributed by atoms with Crippen LogP contribution in [0.15, 0.2) is 29.3 Å². The largest absolute Gasteiger partial charge is 0.381 e. The molecule has 1 aromatic rings. The van der Waals surface area contributed by atoms with Gasteiger partial charge in [0.1, 0.15) is 5.82 Å². The van der Waals surface area contributed by atoms with Crippen molar-refractivity contribution in [2.75, 3.05) is 59.3 Å². The van der Waals surface area contributed by atoms with Gasteiger partial charge in [0.15, 0.2) is 5.96 Å². The number of benzene rings is 1. The van der Waals surface area contributed by atoms with E-state index < -0.39 is 0 Å². The first-order chi connectivity index (χ1) is 14.7. The van der Waals surface area contributed by atoms with Crippen molar-refractivity contribution >= 4 is 5.96 Å². The molecule has 0 atom stereocenters. The summed E-state index contributed by atoms with van der Waals surface area (Å²) in [5, 5.41) is 6.62. The monoisotopic (exact) mass is 423 g/mol. The molecule has 0 bridgehead atoms. The highest BCUT2D eigenvalue weighted by Crippen LogP contribution is 2.35. The summed E-state index contributed by atoms with van der Waals surface area (Å²) in [6.45, 7) is 10.3. The first kappa shape index (κ1) is 24.6. The van der Waals surface area contributed by atoms with Gasteiger partial charge in [-0.1, -0.05) is 25.5 Å². The molecule has 0 aliphatic carbocycles. The maximum atomic E-state index is 13.4. The van der Waals surface area contributed by atoms with Crippen molar-refractivity contribution in [3.8, 4) is 0 Å². The summed E-state index contributed by atoms with van der Waals surface area (Å²) in [7, 11) is 0. The Labute approximate surface area is 180 Å². The van der Waals surface area contributed by atoms with Gasteiger partial charge < -0.3 is 24.8 Å². The highest BCUT2D eigenvalue weighted by molar-refractivity contribution is 5.79. The van der Waals surface area contributed by atoms with Gasteiger partial charge in [-0.15, -0.1) is 0 Å². The predicted molar refractivity (Wildman–Crippen MR) is 119 cm³/mol. The molecule has 0 radical (unpaired) electrons. The van der Waals surface area contributed by atoms with Crippen LogP contribution in [0, 0.1) is 5.82 Å². The molecule has 1 aliphatic heterocycles. The van der Waals surface area contributed by atoms with Crippen LogP contribution >= 0.6 is 0 Å². The Bertz CT molecular complexity index is 604. The van der Waals surface area contributed by atoms with Gasteiger partial charge in [0.05, 0.1) is 26.4 Å². The van der Waals surface area contributed by atoms with Crippen LogP contribution in [-0.4, -0.2) is 65.2 Å². The molecule has 0 amide bonds. The Hall–Kier alpha value is -1.70. The normalized spacial score (nSPS) is 16.4. The van der Waals surface area contributed by atoms with Gasteiger partial charge >= 0.3 is 0 Å². The van der Waals surface area contributed by atoms with Crippen molar-refractivity contribution in [3.05, 3.63) is 35.6 Å². The average Bonchev–Trinajstić information content (AvgIpc) is 2.77. The molecule has 0 spiro atoms. The van der Waals surface area contributed by atoms with Crippen LogP contribution in [0.2, 0.25) is 0 Å². The first-order valence-corrected chi connectivity index (χ1v) is 11.2. The van der Waals surface area contributed by atoms with Gasteiger partial charge in [-0.3, -0.25) is 4.99 Å². The van der Waals surface area contributed by atoms with Gasteiger partial charge in [0.25, 0.3) is 0 Å². The Balaban J connectivity index is 1.84. The molecular formula is C23H38FN3O3. The molecule has 1 aliphatic rings. The van der Waals surface area contributed by atoms with Crippen molar-refractivity contribution in [2.24, 2.45) is 4.99 Å². The lowest BCUT2D eigenvalue weighted by Gasteiger charge is -2.36.